The third-order valence-corrected chi connectivity index (χ3v) is 4.82. The first-order valence-electron chi connectivity index (χ1n) is 7.96. The molecule has 2 aromatic rings. The van der Waals surface area contributed by atoms with Gasteiger partial charge >= 0.3 is 12.1 Å². The average molecular weight is 433 g/mol. The van der Waals surface area contributed by atoms with Gasteiger partial charge in [-0.3, -0.25) is 9.59 Å². The number of methoxy groups -OCH3 is 1. The predicted molar refractivity (Wildman–Crippen MR) is 98.9 cm³/mol. The van der Waals surface area contributed by atoms with Crippen LogP contribution >= 0.6 is 23.4 Å². The molecule has 0 fully saturated rings. The summed E-state index contributed by atoms with van der Waals surface area (Å²) in [6.07, 6.45) is -3.83. The molecule has 1 heterocycles. The van der Waals surface area contributed by atoms with Crippen molar-refractivity contribution in [3.05, 3.63) is 58.7 Å². The molecule has 1 aromatic heterocycles. The number of aromatic nitrogens is 1. The highest BCUT2D eigenvalue weighted by atomic mass is 35.5. The van der Waals surface area contributed by atoms with E-state index in [2.05, 4.69) is 15.0 Å². The third kappa shape index (κ3) is 6.72. The fraction of sp³-hybridized carbons (Fsp3) is 0.278. The molecule has 28 heavy (non-hydrogen) atoms. The van der Waals surface area contributed by atoms with Crippen LogP contribution in [-0.2, 0) is 20.5 Å². The Labute approximate surface area is 168 Å². The molecule has 2 rings (SSSR count). The van der Waals surface area contributed by atoms with Crippen LogP contribution in [0.15, 0.2) is 47.6 Å². The molecule has 1 atom stereocenters. The van der Waals surface area contributed by atoms with Crippen LogP contribution in [0.3, 0.4) is 0 Å². The number of esters is 1. The molecular formula is C18H16ClF3N2O3S. The van der Waals surface area contributed by atoms with Gasteiger partial charge in [-0.1, -0.05) is 35.5 Å². The van der Waals surface area contributed by atoms with Crippen LogP contribution in [0.2, 0.25) is 5.02 Å². The molecule has 0 aliphatic heterocycles. The zero-order chi connectivity index (χ0) is 20.7. The maximum absolute atomic E-state index is 12.5. The van der Waals surface area contributed by atoms with Crippen molar-refractivity contribution < 1.29 is 27.5 Å². The lowest BCUT2D eigenvalue weighted by Gasteiger charge is -2.18. The third-order valence-electron chi connectivity index (χ3n) is 3.62. The fourth-order valence-corrected chi connectivity index (χ4v) is 2.99. The number of hydrogen-bond acceptors (Lipinski definition) is 5. The Bertz CT molecular complexity index is 814. The van der Waals surface area contributed by atoms with E-state index in [1.165, 1.54) is 13.2 Å². The number of rotatable bonds is 7. The quantitative estimate of drug-likeness (QED) is 0.523. The van der Waals surface area contributed by atoms with Gasteiger partial charge in [0, 0.05) is 11.2 Å². The number of pyridine rings is 1. The van der Waals surface area contributed by atoms with Crippen molar-refractivity contribution in [1.82, 2.24) is 10.3 Å². The summed E-state index contributed by atoms with van der Waals surface area (Å²) in [5.41, 5.74) is -0.192. The summed E-state index contributed by atoms with van der Waals surface area (Å²) in [5.74, 6) is -0.989. The number of carbonyl (C=O) groups is 2. The van der Waals surface area contributed by atoms with Crippen LogP contribution in [0.4, 0.5) is 13.2 Å². The summed E-state index contributed by atoms with van der Waals surface area (Å²) in [7, 11) is 1.25. The normalized spacial score (nSPS) is 12.3. The summed E-state index contributed by atoms with van der Waals surface area (Å²) in [5, 5.41) is 3.50. The summed E-state index contributed by atoms with van der Waals surface area (Å²) in [4.78, 5) is 27.6. The fourth-order valence-electron chi connectivity index (χ4n) is 2.21. The van der Waals surface area contributed by atoms with Gasteiger partial charge in [-0.15, -0.1) is 0 Å². The van der Waals surface area contributed by atoms with E-state index in [9.17, 15) is 22.8 Å². The molecule has 10 heteroatoms. The van der Waals surface area contributed by atoms with Crippen molar-refractivity contribution in [3.8, 4) is 0 Å². The molecule has 1 aromatic carbocycles. The Morgan fingerprint density at radius 2 is 1.89 bits per heavy atom. The minimum atomic E-state index is -4.47. The Kier molecular flexibility index (Phi) is 7.70. The van der Waals surface area contributed by atoms with Crippen molar-refractivity contribution in [2.45, 2.75) is 23.7 Å². The van der Waals surface area contributed by atoms with Gasteiger partial charge in [0.2, 0.25) is 5.91 Å². The summed E-state index contributed by atoms with van der Waals surface area (Å²) >= 11 is 6.84. The van der Waals surface area contributed by atoms with Gasteiger partial charge < -0.3 is 10.1 Å². The van der Waals surface area contributed by atoms with Crippen LogP contribution in [0.1, 0.15) is 23.6 Å². The lowest BCUT2D eigenvalue weighted by atomic mass is 10.0. The Morgan fingerprint density at radius 3 is 2.43 bits per heavy atom. The Morgan fingerprint density at radius 1 is 1.21 bits per heavy atom. The first kappa shape index (κ1) is 22.0. The molecule has 0 saturated carbocycles. The van der Waals surface area contributed by atoms with Crippen molar-refractivity contribution in [2.24, 2.45) is 0 Å². The highest BCUT2D eigenvalue weighted by Gasteiger charge is 2.30. The average Bonchev–Trinajstić information content (AvgIpc) is 2.66. The van der Waals surface area contributed by atoms with Gasteiger partial charge in [0.05, 0.1) is 35.9 Å². The van der Waals surface area contributed by atoms with E-state index >= 15 is 0 Å². The lowest BCUT2D eigenvalue weighted by molar-refractivity contribution is -0.141. The lowest BCUT2D eigenvalue weighted by Crippen LogP contribution is -2.31. The highest BCUT2D eigenvalue weighted by molar-refractivity contribution is 7.99. The van der Waals surface area contributed by atoms with Gasteiger partial charge in [-0.2, -0.15) is 13.2 Å². The first-order valence-corrected chi connectivity index (χ1v) is 9.33. The molecular weight excluding hydrogens is 417 g/mol. The molecule has 1 N–H and O–H groups in total. The van der Waals surface area contributed by atoms with E-state index < -0.39 is 29.7 Å². The second-order valence-electron chi connectivity index (χ2n) is 5.62. The van der Waals surface area contributed by atoms with Crippen LogP contribution in [0.25, 0.3) is 0 Å². The number of nitrogens with one attached hydrogen (secondary N) is 1. The van der Waals surface area contributed by atoms with Crippen molar-refractivity contribution in [2.75, 3.05) is 12.9 Å². The maximum atomic E-state index is 12.5. The monoisotopic (exact) mass is 432 g/mol. The van der Waals surface area contributed by atoms with Gasteiger partial charge in [0.1, 0.15) is 0 Å². The molecule has 0 radical (unpaired) electrons. The molecule has 1 amide bonds. The molecule has 0 spiro atoms. The number of alkyl halides is 3. The number of ether oxygens (including phenoxy) is 1. The second kappa shape index (κ2) is 9.79. The van der Waals surface area contributed by atoms with Crippen LogP contribution in [-0.4, -0.2) is 29.7 Å². The van der Waals surface area contributed by atoms with E-state index in [4.69, 9.17) is 11.6 Å². The molecule has 5 nitrogen and oxygen atoms in total. The van der Waals surface area contributed by atoms with Gasteiger partial charge in [-0.05, 0) is 29.8 Å². The zero-order valence-electron chi connectivity index (χ0n) is 14.6. The summed E-state index contributed by atoms with van der Waals surface area (Å²) in [6, 6.07) is 8.11. The topological polar surface area (TPSA) is 68.3 Å². The largest absolute Gasteiger partial charge is 0.469 e. The Hall–Kier alpha value is -2.26. The highest BCUT2D eigenvalue weighted by Crippen LogP contribution is 2.29. The molecule has 0 saturated heterocycles. The predicted octanol–water partition coefficient (Wildman–Crippen LogP) is 4.27. The number of benzene rings is 1. The van der Waals surface area contributed by atoms with Crippen LogP contribution < -0.4 is 5.32 Å². The van der Waals surface area contributed by atoms with E-state index in [-0.39, 0.29) is 17.2 Å². The van der Waals surface area contributed by atoms with Crippen molar-refractivity contribution in [1.29, 1.82) is 0 Å². The van der Waals surface area contributed by atoms with Crippen LogP contribution in [0.5, 0.6) is 0 Å². The number of thioether (sulfide) groups is 1. The van der Waals surface area contributed by atoms with Crippen LogP contribution in [0, 0.1) is 0 Å². The van der Waals surface area contributed by atoms with E-state index in [0.29, 0.717) is 16.8 Å². The van der Waals surface area contributed by atoms with Gasteiger partial charge in [0.25, 0.3) is 0 Å². The van der Waals surface area contributed by atoms with E-state index in [1.807, 2.05) is 0 Å². The molecule has 0 bridgehead atoms. The van der Waals surface area contributed by atoms with Crippen molar-refractivity contribution in [3.63, 3.8) is 0 Å². The minimum absolute atomic E-state index is 0.0763. The van der Waals surface area contributed by atoms with E-state index in [1.54, 1.807) is 24.3 Å². The van der Waals surface area contributed by atoms with Gasteiger partial charge in [0.15, 0.2) is 0 Å². The van der Waals surface area contributed by atoms with Gasteiger partial charge in [-0.25, -0.2) is 4.98 Å². The van der Waals surface area contributed by atoms with Crippen molar-refractivity contribution >= 4 is 35.2 Å². The molecule has 0 aliphatic rings. The second-order valence-corrected chi connectivity index (χ2v) is 7.06. The number of amides is 1. The number of carbonyl (C=O) groups excluding carboxylic acids is 2. The molecule has 150 valence electrons. The first-order chi connectivity index (χ1) is 13.2. The Balaban J connectivity index is 1.99. The summed E-state index contributed by atoms with van der Waals surface area (Å²) < 4.78 is 42.3. The maximum Gasteiger partial charge on any atom is 0.417 e. The number of nitrogens with zero attached hydrogens (tertiary/aromatic N) is 1. The SMILES string of the molecule is COC(=O)CC(NC(=O)CSc1ccc(C(F)(F)F)cn1)c1ccc(Cl)cc1. The number of hydrogen-bond donors (Lipinski definition) is 1. The smallest absolute Gasteiger partial charge is 0.417 e. The van der Waals surface area contributed by atoms with E-state index in [0.717, 1.165) is 17.8 Å². The minimum Gasteiger partial charge on any atom is -0.469 e. The standard InChI is InChI=1S/C18H16ClF3N2O3S/c1-27-17(26)8-14(11-2-5-13(19)6-3-11)24-15(25)10-28-16-7-4-12(9-23-16)18(20,21)22/h2-7,9,14H,8,10H2,1H3,(H,24,25). The number of halogens is 4. The zero-order valence-corrected chi connectivity index (χ0v) is 16.2. The molecule has 1 unspecified atom stereocenters. The summed E-state index contributed by atoms with van der Waals surface area (Å²) in [6.45, 7) is 0. The molecule has 0 aliphatic carbocycles.